The first kappa shape index (κ1) is 17.0. The molecule has 1 aliphatic carbocycles. The van der Waals surface area contributed by atoms with Crippen LogP contribution in [0.5, 0.6) is 5.75 Å². The molecule has 2 N–H and O–H groups in total. The highest BCUT2D eigenvalue weighted by Crippen LogP contribution is 2.34. The van der Waals surface area contributed by atoms with E-state index in [4.69, 9.17) is 4.74 Å². The molecule has 3 aromatic rings. The summed E-state index contributed by atoms with van der Waals surface area (Å²) in [6.07, 6.45) is 7.11. The normalized spacial score (nSPS) is 12.0. The zero-order chi connectivity index (χ0) is 18.8. The molecule has 6 heteroatoms. The van der Waals surface area contributed by atoms with Gasteiger partial charge in [-0.05, 0) is 48.7 Å². The first-order chi connectivity index (χ1) is 13.2. The van der Waals surface area contributed by atoms with Crippen LogP contribution in [0.15, 0.2) is 42.6 Å². The van der Waals surface area contributed by atoms with Gasteiger partial charge >= 0.3 is 0 Å². The first-order valence-corrected chi connectivity index (χ1v) is 8.80. The number of pyridine rings is 1. The highest BCUT2D eigenvalue weighted by molar-refractivity contribution is 5.75. The molecular formula is C21H21N5O. The van der Waals surface area contributed by atoms with Crippen molar-refractivity contribution in [2.75, 3.05) is 24.8 Å². The van der Waals surface area contributed by atoms with E-state index < -0.39 is 0 Å². The highest BCUT2D eigenvalue weighted by atomic mass is 16.5. The molecule has 27 heavy (non-hydrogen) atoms. The summed E-state index contributed by atoms with van der Waals surface area (Å²) in [6, 6.07) is 9.91. The molecule has 1 aromatic carbocycles. The molecule has 0 radical (unpaired) electrons. The van der Waals surface area contributed by atoms with Crippen molar-refractivity contribution in [3.8, 4) is 17.0 Å². The second kappa shape index (κ2) is 7.07. The molecular weight excluding hydrogens is 338 g/mol. The molecule has 0 fully saturated rings. The minimum absolute atomic E-state index is 0.543. The summed E-state index contributed by atoms with van der Waals surface area (Å²) >= 11 is 0. The zero-order valence-corrected chi connectivity index (χ0v) is 15.6. The van der Waals surface area contributed by atoms with Gasteiger partial charge in [-0.1, -0.05) is 12.2 Å². The summed E-state index contributed by atoms with van der Waals surface area (Å²) in [5, 5.41) is 6.32. The third-order valence-electron chi connectivity index (χ3n) is 4.50. The molecule has 2 heterocycles. The van der Waals surface area contributed by atoms with E-state index in [-0.39, 0.29) is 0 Å². The number of benzene rings is 1. The van der Waals surface area contributed by atoms with E-state index in [1.54, 1.807) is 7.11 Å². The number of nitrogens with zero attached hydrogens (tertiary/aromatic N) is 3. The lowest BCUT2D eigenvalue weighted by Gasteiger charge is -2.13. The zero-order valence-electron chi connectivity index (χ0n) is 15.6. The number of hydrogen-bond donors (Lipinski definition) is 2. The molecule has 0 aliphatic heterocycles. The maximum Gasteiger partial charge on any atom is 0.229 e. The van der Waals surface area contributed by atoms with Gasteiger partial charge in [0.05, 0.1) is 12.8 Å². The Balaban J connectivity index is 1.70. The van der Waals surface area contributed by atoms with E-state index in [9.17, 15) is 0 Å². The molecule has 6 nitrogen and oxygen atoms in total. The molecule has 0 spiro atoms. The van der Waals surface area contributed by atoms with Gasteiger partial charge in [0.25, 0.3) is 0 Å². The molecule has 0 saturated carbocycles. The number of hydrogen-bond acceptors (Lipinski definition) is 6. The topological polar surface area (TPSA) is 72.0 Å². The highest BCUT2D eigenvalue weighted by Gasteiger charge is 2.13. The van der Waals surface area contributed by atoms with Gasteiger partial charge in [-0.2, -0.15) is 4.98 Å². The SMILES string of the molecule is CNc1cc(C)nc(Nc2ccc(OC)c(-c3cc4c(cn3)C=CC4)c2)n1. The molecule has 4 rings (SSSR count). The second-order valence-corrected chi connectivity index (χ2v) is 6.38. The Labute approximate surface area is 158 Å². The van der Waals surface area contributed by atoms with Crippen LogP contribution in [0.1, 0.15) is 16.8 Å². The minimum atomic E-state index is 0.543. The van der Waals surface area contributed by atoms with E-state index in [1.165, 1.54) is 11.1 Å². The predicted molar refractivity (Wildman–Crippen MR) is 109 cm³/mol. The van der Waals surface area contributed by atoms with Gasteiger partial charge in [0, 0.05) is 36.3 Å². The number of allylic oxidation sites excluding steroid dienone is 1. The van der Waals surface area contributed by atoms with Crippen LogP contribution in [0.4, 0.5) is 17.5 Å². The average molecular weight is 359 g/mol. The first-order valence-electron chi connectivity index (χ1n) is 8.80. The quantitative estimate of drug-likeness (QED) is 0.711. The van der Waals surface area contributed by atoms with Gasteiger partial charge in [-0.3, -0.25) is 4.98 Å². The summed E-state index contributed by atoms with van der Waals surface area (Å²) in [5.74, 6) is 2.09. The standard InChI is InChI=1S/C21H21N5O/c1-13-9-20(22-2)26-21(24-13)25-16-7-8-19(27-3)17(11-16)18-10-14-5-4-6-15(14)12-23-18/h4,6-12H,5H2,1-3H3,(H2,22,24,25,26). The Kier molecular flexibility index (Phi) is 4.46. The summed E-state index contributed by atoms with van der Waals surface area (Å²) < 4.78 is 5.56. The van der Waals surface area contributed by atoms with Crippen LogP contribution < -0.4 is 15.4 Å². The largest absolute Gasteiger partial charge is 0.496 e. The van der Waals surface area contributed by atoms with Crippen molar-refractivity contribution in [2.45, 2.75) is 13.3 Å². The Hall–Kier alpha value is -3.41. The van der Waals surface area contributed by atoms with Crippen molar-refractivity contribution in [2.24, 2.45) is 0 Å². The van der Waals surface area contributed by atoms with Crippen molar-refractivity contribution < 1.29 is 4.74 Å². The average Bonchev–Trinajstić information content (AvgIpc) is 3.15. The molecule has 0 bridgehead atoms. The molecule has 0 saturated heterocycles. The molecule has 0 amide bonds. The van der Waals surface area contributed by atoms with Crippen LogP contribution in [0, 0.1) is 6.92 Å². The predicted octanol–water partition coefficient (Wildman–Crippen LogP) is 4.21. The maximum absolute atomic E-state index is 5.56. The fraction of sp³-hybridized carbons (Fsp3) is 0.190. The van der Waals surface area contributed by atoms with Crippen LogP contribution in [-0.2, 0) is 6.42 Å². The number of ether oxygens (including phenoxy) is 1. The van der Waals surface area contributed by atoms with E-state index in [0.29, 0.717) is 5.95 Å². The van der Waals surface area contributed by atoms with Gasteiger partial charge in [-0.15, -0.1) is 0 Å². The summed E-state index contributed by atoms with van der Waals surface area (Å²) in [4.78, 5) is 13.5. The van der Waals surface area contributed by atoms with E-state index in [2.05, 4.69) is 43.8 Å². The smallest absolute Gasteiger partial charge is 0.229 e. The third-order valence-corrected chi connectivity index (χ3v) is 4.50. The van der Waals surface area contributed by atoms with Gasteiger partial charge in [0.2, 0.25) is 5.95 Å². The van der Waals surface area contributed by atoms with Crippen LogP contribution in [-0.4, -0.2) is 29.1 Å². The number of aromatic nitrogens is 3. The molecule has 136 valence electrons. The summed E-state index contributed by atoms with van der Waals surface area (Å²) in [5.41, 5.74) is 6.04. The summed E-state index contributed by atoms with van der Waals surface area (Å²) in [7, 11) is 3.51. The van der Waals surface area contributed by atoms with Crippen molar-refractivity contribution in [3.63, 3.8) is 0 Å². The second-order valence-electron chi connectivity index (χ2n) is 6.38. The summed E-state index contributed by atoms with van der Waals surface area (Å²) in [6.45, 7) is 1.94. The molecule has 2 aromatic heterocycles. The maximum atomic E-state index is 5.56. The van der Waals surface area contributed by atoms with Crippen molar-refractivity contribution in [1.29, 1.82) is 0 Å². The van der Waals surface area contributed by atoms with Crippen molar-refractivity contribution in [3.05, 3.63) is 59.4 Å². The third kappa shape index (κ3) is 3.46. The van der Waals surface area contributed by atoms with Crippen LogP contribution >= 0.6 is 0 Å². The number of fused-ring (bicyclic) bond motifs is 1. The Bertz CT molecular complexity index is 1030. The lowest BCUT2D eigenvalue weighted by atomic mass is 10.0. The van der Waals surface area contributed by atoms with E-state index >= 15 is 0 Å². The Morgan fingerprint density at radius 1 is 1.11 bits per heavy atom. The Morgan fingerprint density at radius 2 is 2.00 bits per heavy atom. The van der Waals surface area contributed by atoms with Crippen LogP contribution in [0.25, 0.3) is 17.3 Å². The minimum Gasteiger partial charge on any atom is -0.496 e. The number of anilines is 3. The van der Waals surface area contributed by atoms with Crippen LogP contribution in [0.3, 0.4) is 0 Å². The van der Waals surface area contributed by atoms with Gasteiger partial charge in [-0.25, -0.2) is 4.98 Å². The number of methoxy groups -OCH3 is 1. The van der Waals surface area contributed by atoms with Crippen LogP contribution in [0.2, 0.25) is 0 Å². The van der Waals surface area contributed by atoms with Gasteiger partial charge < -0.3 is 15.4 Å². The number of nitrogens with one attached hydrogen (secondary N) is 2. The molecule has 0 unspecified atom stereocenters. The number of aryl methyl sites for hydroxylation is 1. The van der Waals surface area contributed by atoms with E-state index in [1.807, 2.05) is 44.4 Å². The van der Waals surface area contributed by atoms with Crippen molar-refractivity contribution in [1.82, 2.24) is 15.0 Å². The Morgan fingerprint density at radius 3 is 2.81 bits per heavy atom. The fourth-order valence-electron chi connectivity index (χ4n) is 3.16. The van der Waals surface area contributed by atoms with E-state index in [0.717, 1.165) is 40.6 Å². The fourth-order valence-corrected chi connectivity index (χ4v) is 3.16. The number of rotatable bonds is 5. The van der Waals surface area contributed by atoms with Crippen molar-refractivity contribution >= 4 is 23.5 Å². The molecule has 0 atom stereocenters. The molecule has 1 aliphatic rings. The lowest BCUT2D eigenvalue weighted by Crippen LogP contribution is -2.02. The monoisotopic (exact) mass is 359 g/mol. The van der Waals surface area contributed by atoms with Gasteiger partial charge in [0.15, 0.2) is 0 Å². The lowest BCUT2D eigenvalue weighted by molar-refractivity contribution is 0.416. The van der Waals surface area contributed by atoms with Gasteiger partial charge in [0.1, 0.15) is 11.6 Å².